The third-order valence-corrected chi connectivity index (χ3v) is 4.29. The van der Waals surface area contributed by atoms with E-state index in [1.165, 1.54) is 25.2 Å². The number of hydrogen-bond donors (Lipinski definition) is 3. The molecule has 7 nitrogen and oxygen atoms in total. The predicted octanol–water partition coefficient (Wildman–Crippen LogP) is 2.67. The van der Waals surface area contributed by atoms with Gasteiger partial charge < -0.3 is 20.5 Å². The Kier molecular flexibility index (Phi) is 4.97. The lowest BCUT2D eigenvalue weighted by Crippen LogP contribution is -2.41. The van der Waals surface area contributed by atoms with Gasteiger partial charge >= 0.3 is 6.03 Å². The number of carbonyl (C=O) groups excluding carboxylic acids is 2. The van der Waals surface area contributed by atoms with Gasteiger partial charge in [-0.1, -0.05) is 0 Å². The fourth-order valence-corrected chi connectivity index (χ4v) is 3.03. The van der Waals surface area contributed by atoms with Crippen molar-refractivity contribution in [1.29, 1.82) is 0 Å². The van der Waals surface area contributed by atoms with Crippen molar-refractivity contribution in [1.82, 2.24) is 20.2 Å². The largest absolute Gasteiger partial charge is 0.355 e. The van der Waals surface area contributed by atoms with E-state index in [-0.39, 0.29) is 17.6 Å². The third kappa shape index (κ3) is 3.62. The van der Waals surface area contributed by atoms with Crippen LogP contribution in [0.4, 0.5) is 14.9 Å². The highest BCUT2D eigenvalue weighted by Crippen LogP contribution is 2.29. The normalized spacial score (nSPS) is 17.2. The first-order valence-corrected chi connectivity index (χ1v) is 8.18. The minimum absolute atomic E-state index is 0.110. The summed E-state index contributed by atoms with van der Waals surface area (Å²) >= 11 is 0. The number of aromatic amines is 1. The maximum atomic E-state index is 13.8. The minimum Gasteiger partial charge on any atom is -0.355 e. The molecule has 3 rings (SSSR count). The number of piperidine rings is 1. The SMILES string of the molecule is CNC(=O)c1cc(NC(=O)N2CCCCC2c2ncc[nH]2)ccc1F. The average molecular weight is 345 g/mol. The molecule has 0 spiro atoms. The third-order valence-electron chi connectivity index (χ3n) is 4.29. The highest BCUT2D eigenvalue weighted by molar-refractivity contribution is 5.97. The molecule has 0 radical (unpaired) electrons. The smallest absolute Gasteiger partial charge is 0.322 e. The van der Waals surface area contributed by atoms with Gasteiger partial charge in [-0.05, 0) is 37.5 Å². The summed E-state index contributed by atoms with van der Waals surface area (Å²) in [7, 11) is 1.43. The summed E-state index contributed by atoms with van der Waals surface area (Å²) in [5.74, 6) is -0.427. The Balaban J connectivity index is 1.78. The number of likely N-dealkylation sites (tertiary alicyclic amines) is 1. The first-order chi connectivity index (χ1) is 12.1. The lowest BCUT2D eigenvalue weighted by atomic mass is 10.0. The molecule has 1 aliphatic rings. The zero-order chi connectivity index (χ0) is 17.8. The van der Waals surface area contributed by atoms with Crippen LogP contribution in [0.5, 0.6) is 0 Å². The van der Waals surface area contributed by atoms with Gasteiger partial charge in [-0.2, -0.15) is 0 Å². The second kappa shape index (κ2) is 7.33. The second-order valence-corrected chi connectivity index (χ2v) is 5.88. The Morgan fingerprint density at radius 3 is 2.92 bits per heavy atom. The molecule has 1 unspecified atom stereocenters. The number of amides is 3. The Morgan fingerprint density at radius 2 is 2.20 bits per heavy atom. The number of hydrogen-bond acceptors (Lipinski definition) is 3. The molecule has 1 fully saturated rings. The van der Waals surface area contributed by atoms with Gasteiger partial charge in [-0.15, -0.1) is 0 Å². The Morgan fingerprint density at radius 1 is 1.36 bits per heavy atom. The Bertz CT molecular complexity index is 762. The van der Waals surface area contributed by atoms with Gasteiger partial charge in [0.1, 0.15) is 11.6 Å². The van der Waals surface area contributed by atoms with Crippen molar-refractivity contribution < 1.29 is 14.0 Å². The van der Waals surface area contributed by atoms with E-state index >= 15 is 0 Å². The van der Waals surface area contributed by atoms with E-state index in [2.05, 4.69) is 20.6 Å². The van der Waals surface area contributed by atoms with Crippen LogP contribution in [0.1, 0.15) is 41.5 Å². The van der Waals surface area contributed by atoms with Crippen molar-refractivity contribution in [2.45, 2.75) is 25.3 Å². The molecular formula is C17H20FN5O2. The van der Waals surface area contributed by atoms with E-state index in [9.17, 15) is 14.0 Å². The number of nitrogens with zero attached hydrogens (tertiary/aromatic N) is 2. The van der Waals surface area contributed by atoms with Crippen molar-refractivity contribution in [3.8, 4) is 0 Å². The van der Waals surface area contributed by atoms with Crippen LogP contribution < -0.4 is 10.6 Å². The minimum atomic E-state index is -0.635. The Hall–Kier alpha value is -2.90. The van der Waals surface area contributed by atoms with Crippen molar-refractivity contribution >= 4 is 17.6 Å². The summed E-state index contributed by atoms with van der Waals surface area (Å²) < 4.78 is 13.8. The van der Waals surface area contributed by atoms with Crippen LogP contribution in [-0.4, -0.2) is 40.4 Å². The number of halogens is 1. The summed E-state index contributed by atoms with van der Waals surface area (Å²) in [4.78, 5) is 33.4. The first-order valence-electron chi connectivity index (χ1n) is 8.18. The van der Waals surface area contributed by atoms with E-state index in [0.29, 0.717) is 12.2 Å². The summed E-state index contributed by atoms with van der Waals surface area (Å²) in [6.45, 7) is 0.612. The van der Waals surface area contributed by atoms with Gasteiger partial charge in [-0.25, -0.2) is 14.2 Å². The molecule has 1 aliphatic heterocycles. The molecule has 8 heteroatoms. The molecule has 2 heterocycles. The number of benzene rings is 1. The molecular weight excluding hydrogens is 325 g/mol. The molecule has 1 saturated heterocycles. The number of carbonyl (C=O) groups is 2. The fraction of sp³-hybridized carbons (Fsp3) is 0.353. The van der Waals surface area contributed by atoms with Crippen LogP contribution >= 0.6 is 0 Å². The predicted molar refractivity (Wildman–Crippen MR) is 90.7 cm³/mol. The van der Waals surface area contributed by atoms with Gasteiger partial charge in [-0.3, -0.25) is 4.79 Å². The summed E-state index contributed by atoms with van der Waals surface area (Å²) in [5.41, 5.74) is 0.260. The summed E-state index contributed by atoms with van der Waals surface area (Å²) in [5, 5.41) is 5.13. The van der Waals surface area contributed by atoms with Gasteiger partial charge in [0.2, 0.25) is 0 Å². The number of aromatic nitrogens is 2. The number of nitrogens with one attached hydrogen (secondary N) is 3. The Labute approximate surface area is 144 Å². The van der Waals surface area contributed by atoms with Crippen LogP contribution in [0.25, 0.3) is 0 Å². The zero-order valence-electron chi connectivity index (χ0n) is 13.9. The van der Waals surface area contributed by atoms with Crippen molar-refractivity contribution in [2.75, 3.05) is 18.9 Å². The van der Waals surface area contributed by atoms with E-state index in [1.807, 2.05) is 0 Å². The molecule has 1 aromatic heterocycles. The summed E-state index contributed by atoms with van der Waals surface area (Å²) in [6, 6.07) is 3.52. The van der Waals surface area contributed by atoms with Crippen molar-refractivity contribution in [3.63, 3.8) is 0 Å². The van der Waals surface area contributed by atoms with Gasteiger partial charge in [0.25, 0.3) is 5.91 Å². The molecule has 0 bridgehead atoms. The monoisotopic (exact) mass is 345 g/mol. The number of anilines is 1. The molecule has 1 atom stereocenters. The molecule has 3 amide bonds. The first kappa shape index (κ1) is 16.9. The van der Waals surface area contributed by atoms with E-state index in [1.54, 1.807) is 17.3 Å². The molecule has 25 heavy (non-hydrogen) atoms. The fourth-order valence-electron chi connectivity index (χ4n) is 3.03. The van der Waals surface area contributed by atoms with Crippen LogP contribution in [0.2, 0.25) is 0 Å². The van der Waals surface area contributed by atoms with Crippen molar-refractivity contribution in [2.24, 2.45) is 0 Å². The van der Waals surface area contributed by atoms with Crippen molar-refractivity contribution in [3.05, 3.63) is 47.8 Å². The molecule has 132 valence electrons. The highest BCUT2D eigenvalue weighted by atomic mass is 19.1. The molecule has 3 N–H and O–H groups in total. The van der Waals surface area contributed by atoms with Crippen LogP contribution in [0, 0.1) is 5.82 Å². The van der Waals surface area contributed by atoms with Gasteiger partial charge in [0.05, 0.1) is 11.6 Å². The lowest BCUT2D eigenvalue weighted by molar-refractivity contribution is 0.0959. The quantitative estimate of drug-likeness (QED) is 0.799. The van der Waals surface area contributed by atoms with Crippen LogP contribution in [-0.2, 0) is 0 Å². The second-order valence-electron chi connectivity index (χ2n) is 5.88. The van der Waals surface area contributed by atoms with Crippen LogP contribution in [0.15, 0.2) is 30.6 Å². The van der Waals surface area contributed by atoms with Crippen LogP contribution in [0.3, 0.4) is 0 Å². The van der Waals surface area contributed by atoms with Gasteiger partial charge in [0.15, 0.2) is 0 Å². The molecule has 0 aliphatic carbocycles. The molecule has 0 saturated carbocycles. The topological polar surface area (TPSA) is 90.1 Å². The standard InChI is InChI=1S/C17H20FN5O2/c1-19-16(24)12-10-11(5-6-13(12)18)22-17(25)23-9-3-2-4-14(23)15-20-7-8-21-15/h5-8,10,14H,2-4,9H2,1H3,(H,19,24)(H,20,21)(H,22,25). The number of imidazole rings is 1. The maximum Gasteiger partial charge on any atom is 0.322 e. The van der Waals surface area contributed by atoms with Gasteiger partial charge in [0, 0.05) is 31.7 Å². The van der Waals surface area contributed by atoms with E-state index < -0.39 is 11.7 Å². The molecule has 2 aromatic rings. The lowest BCUT2D eigenvalue weighted by Gasteiger charge is -2.34. The zero-order valence-corrected chi connectivity index (χ0v) is 13.9. The number of urea groups is 1. The number of rotatable bonds is 3. The number of H-pyrrole nitrogens is 1. The average Bonchev–Trinajstić information content (AvgIpc) is 3.17. The maximum absolute atomic E-state index is 13.8. The van der Waals surface area contributed by atoms with E-state index in [0.717, 1.165) is 25.1 Å². The molecule has 1 aromatic carbocycles. The van der Waals surface area contributed by atoms with E-state index in [4.69, 9.17) is 0 Å². The summed E-state index contributed by atoms with van der Waals surface area (Å²) in [6.07, 6.45) is 6.16. The highest BCUT2D eigenvalue weighted by Gasteiger charge is 2.29.